The molecule has 30 heavy (non-hydrogen) atoms. The molecule has 0 saturated carbocycles. The van der Waals surface area contributed by atoms with E-state index in [-0.39, 0.29) is 12.3 Å². The van der Waals surface area contributed by atoms with E-state index in [9.17, 15) is 4.79 Å². The van der Waals surface area contributed by atoms with Crippen molar-refractivity contribution in [3.63, 3.8) is 0 Å². The molecule has 3 aromatic heterocycles. The van der Waals surface area contributed by atoms with Gasteiger partial charge in [-0.25, -0.2) is 9.97 Å². The number of anilines is 1. The molecule has 0 aliphatic carbocycles. The average Bonchev–Trinajstić information content (AvgIpc) is 3.24. The highest BCUT2D eigenvalue weighted by Crippen LogP contribution is 2.28. The van der Waals surface area contributed by atoms with Crippen molar-refractivity contribution < 1.29 is 14.3 Å². The fourth-order valence-corrected chi connectivity index (χ4v) is 3.47. The summed E-state index contributed by atoms with van der Waals surface area (Å²) in [6.45, 7) is 0. The van der Waals surface area contributed by atoms with Crippen LogP contribution in [0.1, 0.15) is 5.69 Å². The highest BCUT2D eigenvalue weighted by Gasteiger charge is 2.13. The first-order valence-corrected chi connectivity index (χ1v) is 10.0. The summed E-state index contributed by atoms with van der Waals surface area (Å²) in [6, 6.07) is 16.2. The van der Waals surface area contributed by atoms with Crippen LogP contribution in [-0.2, 0) is 11.2 Å². The van der Waals surface area contributed by atoms with E-state index in [0.717, 1.165) is 16.5 Å². The van der Waals surface area contributed by atoms with Crippen molar-refractivity contribution in [2.75, 3.05) is 12.4 Å². The number of hydrogen-bond donors (Lipinski definition) is 1. The normalized spacial score (nSPS) is 10.4. The predicted molar refractivity (Wildman–Crippen MR) is 115 cm³/mol. The number of methoxy groups -OCH3 is 1. The number of pyridine rings is 2. The number of benzene rings is 1. The van der Waals surface area contributed by atoms with Crippen LogP contribution in [-0.4, -0.2) is 28.0 Å². The number of rotatable bonds is 7. The Kier molecular flexibility index (Phi) is 5.95. The van der Waals surface area contributed by atoms with Crippen molar-refractivity contribution >= 4 is 22.9 Å². The fourth-order valence-electron chi connectivity index (χ4n) is 2.68. The molecule has 1 amide bonds. The number of amides is 1. The Morgan fingerprint density at radius 1 is 1.00 bits per heavy atom. The number of nitrogens with zero attached hydrogens (tertiary/aromatic N) is 3. The summed E-state index contributed by atoms with van der Waals surface area (Å²) >= 11 is 1.46. The number of nitrogens with one attached hydrogen (secondary N) is 1. The highest BCUT2D eigenvalue weighted by atomic mass is 32.1. The molecule has 0 aliphatic heterocycles. The van der Waals surface area contributed by atoms with Crippen molar-refractivity contribution in [1.29, 1.82) is 0 Å². The molecule has 1 N–H and O–H groups in total. The third-order valence-corrected chi connectivity index (χ3v) is 5.01. The van der Waals surface area contributed by atoms with Gasteiger partial charge in [-0.3, -0.25) is 9.78 Å². The van der Waals surface area contributed by atoms with Gasteiger partial charge < -0.3 is 14.8 Å². The van der Waals surface area contributed by atoms with Crippen LogP contribution in [0, 0.1) is 0 Å². The first-order valence-electron chi connectivity index (χ1n) is 9.14. The number of hydrogen-bond acceptors (Lipinski definition) is 7. The molecule has 0 bridgehead atoms. The van der Waals surface area contributed by atoms with E-state index in [4.69, 9.17) is 9.47 Å². The van der Waals surface area contributed by atoms with Crippen molar-refractivity contribution in [2.45, 2.75) is 6.42 Å². The molecule has 8 heteroatoms. The molecule has 0 fully saturated rings. The van der Waals surface area contributed by atoms with Gasteiger partial charge in [0.1, 0.15) is 22.2 Å². The van der Waals surface area contributed by atoms with E-state index in [1.807, 2.05) is 23.6 Å². The van der Waals surface area contributed by atoms with E-state index in [1.54, 1.807) is 55.9 Å². The Labute approximate surface area is 177 Å². The number of aromatic nitrogens is 3. The molecule has 0 aliphatic rings. The van der Waals surface area contributed by atoms with Gasteiger partial charge in [0.15, 0.2) is 0 Å². The standard InChI is InChI=1S/C22H18N4O3S/c1-28-16-7-9-17(10-8-16)29-21-18(6-4-12-24-21)26-20(27)13-15-14-30-22(25-15)19-5-2-3-11-23-19/h2-12,14H,13H2,1H3,(H,26,27). The second kappa shape index (κ2) is 9.15. The van der Waals surface area contributed by atoms with Crippen molar-refractivity contribution in [2.24, 2.45) is 0 Å². The highest BCUT2D eigenvalue weighted by molar-refractivity contribution is 7.13. The first-order chi connectivity index (χ1) is 14.7. The quantitative estimate of drug-likeness (QED) is 0.473. The first kappa shape index (κ1) is 19.5. The Bertz CT molecular complexity index is 1130. The summed E-state index contributed by atoms with van der Waals surface area (Å²) in [6.07, 6.45) is 3.46. The van der Waals surface area contributed by atoms with Crippen molar-refractivity contribution in [3.8, 4) is 28.1 Å². The van der Waals surface area contributed by atoms with Gasteiger partial charge in [-0.1, -0.05) is 6.07 Å². The van der Waals surface area contributed by atoms with Crippen LogP contribution < -0.4 is 14.8 Å². The Hall–Kier alpha value is -3.78. The second-order valence-corrected chi connectivity index (χ2v) is 7.08. The maximum Gasteiger partial charge on any atom is 0.243 e. The van der Waals surface area contributed by atoms with Crippen LogP contribution in [0.2, 0.25) is 0 Å². The number of carbonyl (C=O) groups excluding carboxylic acids is 1. The summed E-state index contributed by atoms with van der Waals surface area (Å²) < 4.78 is 11.0. The molecule has 4 aromatic rings. The minimum Gasteiger partial charge on any atom is -0.497 e. The third-order valence-electron chi connectivity index (χ3n) is 4.10. The van der Waals surface area contributed by atoms with Gasteiger partial charge in [-0.15, -0.1) is 11.3 Å². The van der Waals surface area contributed by atoms with Gasteiger partial charge in [0, 0.05) is 17.8 Å². The van der Waals surface area contributed by atoms with E-state index in [0.29, 0.717) is 23.0 Å². The topological polar surface area (TPSA) is 86.2 Å². The Morgan fingerprint density at radius 3 is 2.57 bits per heavy atom. The number of thiazole rings is 1. The van der Waals surface area contributed by atoms with Gasteiger partial charge in [0.2, 0.25) is 11.8 Å². The van der Waals surface area contributed by atoms with Gasteiger partial charge >= 0.3 is 0 Å². The zero-order valence-corrected chi connectivity index (χ0v) is 16.9. The molecule has 3 heterocycles. The smallest absolute Gasteiger partial charge is 0.243 e. The largest absolute Gasteiger partial charge is 0.497 e. The van der Waals surface area contributed by atoms with Crippen LogP contribution in [0.25, 0.3) is 10.7 Å². The van der Waals surface area contributed by atoms with E-state index >= 15 is 0 Å². The van der Waals surface area contributed by atoms with E-state index in [1.165, 1.54) is 11.3 Å². The SMILES string of the molecule is COc1ccc(Oc2ncccc2NC(=O)Cc2csc(-c3ccccn3)n2)cc1. The van der Waals surface area contributed by atoms with Gasteiger partial charge in [-0.2, -0.15) is 0 Å². The molecule has 7 nitrogen and oxygen atoms in total. The lowest BCUT2D eigenvalue weighted by Crippen LogP contribution is -2.15. The van der Waals surface area contributed by atoms with Crippen LogP contribution in [0.15, 0.2) is 72.4 Å². The van der Waals surface area contributed by atoms with Gasteiger partial charge in [-0.05, 0) is 48.5 Å². The second-order valence-electron chi connectivity index (χ2n) is 6.22. The van der Waals surface area contributed by atoms with E-state index in [2.05, 4.69) is 20.3 Å². The predicted octanol–water partition coefficient (Wildman–Crippen LogP) is 4.58. The molecule has 4 rings (SSSR count). The minimum atomic E-state index is -0.208. The summed E-state index contributed by atoms with van der Waals surface area (Å²) in [5, 5.41) is 5.49. The zero-order valence-electron chi connectivity index (χ0n) is 16.1. The minimum absolute atomic E-state index is 0.139. The molecule has 1 aromatic carbocycles. The maximum atomic E-state index is 12.6. The molecule has 0 saturated heterocycles. The van der Waals surface area contributed by atoms with Crippen LogP contribution in [0.3, 0.4) is 0 Å². The van der Waals surface area contributed by atoms with Crippen LogP contribution >= 0.6 is 11.3 Å². The molecule has 0 radical (unpaired) electrons. The lowest BCUT2D eigenvalue weighted by atomic mass is 10.3. The van der Waals surface area contributed by atoms with Crippen molar-refractivity contribution in [1.82, 2.24) is 15.0 Å². The lowest BCUT2D eigenvalue weighted by molar-refractivity contribution is -0.115. The molecule has 0 spiro atoms. The Morgan fingerprint density at radius 2 is 1.80 bits per heavy atom. The average molecular weight is 418 g/mol. The van der Waals surface area contributed by atoms with Gasteiger partial charge in [0.25, 0.3) is 0 Å². The van der Waals surface area contributed by atoms with Crippen LogP contribution in [0.4, 0.5) is 5.69 Å². The Balaban J connectivity index is 1.43. The summed E-state index contributed by atoms with van der Waals surface area (Å²) in [7, 11) is 1.60. The molecule has 0 unspecified atom stereocenters. The maximum absolute atomic E-state index is 12.6. The van der Waals surface area contributed by atoms with E-state index < -0.39 is 0 Å². The lowest BCUT2D eigenvalue weighted by Gasteiger charge is -2.11. The molecule has 150 valence electrons. The third kappa shape index (κ3) is 4.79. The summed E-state index contributed by atoms with van der Waals surface area (Å²) in [5.74, 6) is 1.42. The number of carbonyl (C=O) groups is 1. The van der Waals surface area contributed by atoms with Gasteiger partial charge in [0.05, 0.1) is 24.9 Å². The molecule has 0 atom stereocenters. The molecular weight excluding hydrogens is 400 g/mol. The van der Waals surface area contributed by atoms with Crippen LogP contribution in [0.5, 0.6) is 17.4 Å². The zero-order chi connectivity index (χ0) is 20.8. The number of ether oxygens (including phenoxy) is 2. The fraction of sp³-hybridized carbons (Fsp3) is 0.0909. The monoisotopic (exact) mass is 418 g/mol. The summed E-state index contributed by atoms with van der Waals surface area (Å²) in [5.41, 5.74) is 1.95. The molecular formula is C22H18N4O3S. The summed E-state index contributed by atoms with van der Waals surface area (Å²) in [4.78, 5) is 25.6. The van der Waals surface area contributed by atoms with Crippen molar-refractivity contribution in [3.05, 3.63) is 78.1 Å².